The van der Waals surface area contributed by atoms with Crippen LogP contribution in [-0.4, -0.2) is 13.6 Å². The first kappa shape index (κ1) is 9.22. The molecule has 2 heteroatoms. The molecule has 0 bridgehead atoms. The molecule has 1 aliphatic rings. The van der Waals surface area contributed by atoms with Gasteiger partial charge in [-0.15, -0.1) is 11.3 Å². The first-order valence-corrected chi connectivity index (χ1v) is 6.02. The Kier molecular flexibility index (Phi) is 3.01. The van der Waals surface area contributed by atoms with Crippen molar-refractivity contribution < 1.29 is 0 Å². The fourth-order valence-electron chi connectivity index (χ4n) is 2.03. The number of thiophene rings is 1. The molecule has 1 aromatic rings. The maximum Gasteiger partial charge on any atom is 0.00800 e. The van der Waals surface area contributed by atoms with E-state index in [-0.39, 0.29) is 0 Å². The van der Waals surface area contributed by atoms with Crippen molar-refractivity contribution in [2.75, 3.05) is 13.6 Å². The van der Waals surface area contributed by atoms with Crippen LogP contribution in [0.5, 0.6) is 0 Å². The fraction of sp³-hybridized carbons (Fsp3) is 0.636. The third kappa shape index (κ3) is 1.94. The van der Waals surface area contributed by atoms with Crippen LogP contribution in [0.25, 0.3) is 0 Å². The standard InChI is InChI=1S/C11H17NS/c1-12-7-6-9-8-13-11-5-3-2-4-10(9)11/h8,12H,2-7H2,1H3. The van der Waals surface area contributed by atoms with E-state index in [0.29, 0.717) is 0 Å². The number of hydrogen-bond donors (Lipinski definition) is 1. The molecular weight excluding hydrogens is 178 g/mol. The summed E-state index contributed by atoms with van der Waals surface area (Å²) >= 11 is 1.97. The monoisotopic (exact) mass is 195 g/mol. The summed E-state index contributed by atoms with van der Waals surface area (Å²) in [5, 5.41) is 5.59. The molecule has 0 radical (unpaired) electrons. The molecule has 2 rings (SSSR count). The van der Waals surface area contributed by atoms with Gasteiger partial charge >= 0.3 is 0 Å². The molecule has 72 valence electrons. The van der Waals surface area contributed by atoms with Gasteiger partial charge in [-0.3, -0.25) is 0 Å². The smallest absolute Gasteiger partial charge is 0.00800 e. The molecule has 1 heterocycles. The van der Waals surface area contributed by atoms with E-state index in [1.807, 2.05) is 18.4 Å². The Hall–Kier alpha value is -0.340. The summed E-state index contributed by atoms with van der Waals surface area (Å²) in [6, 6.07) is 0. The molecule has 0 spiro atoms. The average molecular weight is 195 g/mol. The summed E-state index contributed by atoms with van der Waals surface area (Å²) in [7, 11) is 2.03. The highest BCUT2D eigenvalue weighted by Gasteiger charge is 2.14. The number of likely N-dealkylation sites (N-methyl/N-ethyl adjacent to an activating group) is 1. The molecule has 0 fully saturated rings. The lowest BCUT2D eigenvalue weighted by atomic mass is 9.95. The number of aryl methyl sites for hydroxylation is 1. The molecule has 1 aliphatic carbocycles. The number of nitrogens with one attached hydrogen (secondary N) is 1. The van der Waals surface area contributed by atoms with Gasteiger partial charge in [0.05, 0.1) is 0 Å². The zero-order valence-electron chi connectivity index (χ0n) is 8.23. The van der Waals surface area contributed by atoms with Gasteiger partial charge in [-0.2, -0.15) is 0 Å². The third-order valence-electron chi connectivity index (χ3n) is 2.79. The molecular formula is C11H17NS. The van der Waals surface area contributed by atoms with Crippen LogP contribution in [0.4, 0.5) is 0 Å². The summed E-state index contributed by atoms with van der Waals surface area (Å²) in [5.41, 5.74) is 3.29. The number of hydrogen-bond acceptors (Lipinski definition) is 2. The average Bonchev–Trinajstić information content (AvgIpc) is 2.58. The second kappa shape index (κ2) is 4.25. The highest BCUT2D eigenvalue weighted by atomic mass is 32.1. The van der Waals surface area contributed by atoms with Gasteiger partial charge in [0, 0.05) is 4.88 Å². The van der Waals surface area contributed by atoms with Gasteiger partial charge in [0.15, 0.2) is 0 Å². The molecule has 0 aromatic carbocycles. The van der Waals surface area contributed by atoms with Crippen molar-refractivity contribution in [1.82, 2.24) is 5.32 Å². The van der Waals surface area contributed by atoms with Crippen molar-refractivity contribution in [3.05, 3.63) is 21.4 Å². The van der Waals surface area contributed by atoms with Crippen molar-refractivity contribution in [1.29, 1.82) is 0 Å². The normalized spacial score (nSPS) is 15.8. The van der Waals surface area contributed by atoms with Gasteiger partial charge in [-0.05, 0) is 62.2 Å². The molecule has 1 N–H and O–H groups in total. The topological polar surface area (TPSA) is 12.0 Å². The van der Waals surface area contributed by atoms with Crippen LogP contribution >= 0.6 is 11.3 Å². The minimum Gasteiger partial charge on any atom is -0.319 e. The van der Waals surface area contributed by atoms with Gasteiger partial charge in [0.1, 0.15) is 0 Å². The van der Waals surface area contributed by atoms with E-state index in [1.165, 1.54) is 32.1 Å². The van der Waals surface area contributed by atoms with E-state index in [0.717, 1.165) is 6.54 Å². The second-order valence-corrected chi connectivity index (χ2v) is 4.69. The Morgan fingerprint density at radius 1 is 1.38 bits per heavy atom. The van der Waals surface area contributed by atoms with E-state index in [4.69, 9.17) is 0 Å². The molecule has 0 saturated heterocycles. The number of fused-ring (bicyclic) bond motifs is 1. The van der Waals surface area contributed by atoms with Crippen LogP contribution in [-0.2, 0) is 19.3 Å². The van der Waals surface area contributed by atoms with E-state index < -0.39 is 0 Å². The minimum atomic E-state index is 1.11. The molecule has 13 heavy (non-hydrogen) atoms. The van der Waals surface area contributed by atoms with Crippen molar-refractivity contribution >= 4 is 11.3 Å². The molecule has 0 atom stereocenters. The van der Waals surface area contributed by atoms with Crippen LogP contribution in [0.2, 0.25) is 0 Å². The first-order chi connectivity index (χ1) is 6.42. The summed E-state index contributed by atoms with van der Waals surface area (Å²) in [6.45, 7) is 1.11. The van der Waals surface area contributed by atoms with Crippen LogP contribution in [0.15, 0.2) is 5.38 Å². The van der Waals surface area contributed by atoms with E-state index >= 15 is 0 Å². The van der Waals surface area contributed by atoms with Crippen molar-refractivity contribution in [3.63, 3.8) is 0 Å². The van der Waals surface area contributed by atoms with Crippen LogP contribution < -0.4 is 5.32 Å². The van der Waals surface area contributed by atoms with Gasteiger partial charge in [0.2, 0.25) is 0 Å². The molecule has 0 saturated carbocycles. The third-order valence-corrected chi connectivity index (χ3v) is 3.93. The highest BCUT2D eigenvalue weighted by Crippen LogP contribution is 2.30. The molecule has 1 nitrogen and oxygen atoms in total. The Morgan fingerprint density at radius 2 is 2.23 bits per heavy atom. The van der Waals surface area contributed by atoms with Crippen molar-refractivity contribution in [2.24, 2.45) is 0 Å². The molecule has 1 aromatic heterocycles. The van der Waals surface area contributed by atoms with Gasteiger partial charge in [-0.1, -0.05) is 0 Å². The summed E-state index contributed by atoms with van der Waals surface area (Å²) in [4.78, 5) is 1.66. The Morgan fingerprint density at radius 3 is 3.08 bits per heavy atom. The molecule has 0 amide bonds. The fourth-order valence-corrected chi connectivity index (χ4v) is 3.21. The minimum absolute atomic E-state index is 1.11. The lowest BCUT2D eigenvalue weighted by Gasteiger charge is -2.12. The zero-order valence-corrected chi connectivity index (χ0v) is 9.04. The summed E-state index contributed by atoms with van der Waals surface area (Å²) < 4.78 is 0. The summed E-state index contributed by atoms with van der Waals surface area (Å²) in [5.74, 6) is 0. The van der Waals surface area contributed by atoms with E-state index in [1.54, 1.807) is 16.0 Å². The Balaban J connectivity index is 2.12. The Bertz CT molecular complexity index is 278. The number of rotatable bonds is 3. The van der Waals surface area contributed by atoms with Crippen LogP contribution in [0.3, 0.4) is 0 Å². The lowest BCUT2D eigenvalue weighted by Crippen LogP contribution is -2.11. The van der Waals surface area contributed by atoms with Crippen LogP contribution in [0, 0.1) is 0 Å². The summed E-state index contributed by atoms with van der Waals surface area (Å²) in [6.07, 6.45) is 6.68. The maximum absolute atomic E-state index is 3.22. The quantitative estimate of drug-likeness (QED) is 0.781. The van der Waals surface area contributed by atoms with E-state index in [2.05, 4.69) is 10.7 Å². The zero-order chi connectivity index (χ0) is 9.10. The Labute approximate surface area is 84.2 Å². The highest BCUT2D eigenvalue weighted by molar-refractivity contribution is 7.10. The second-order valence-electron chi connectivity index (χ2n) is 3.72. The van der Waals surface area contributed by atoms with Crippen molar-refractivity contribution in [3.8, 4) is 0 Å². The van der Waals surface area contributed by atoms with Gasteiger partial charge in [-0.25, -0.2) is 0 Å². The van der Waals surface area contributed by atoms with E-state index in [9.17, 15) is 0 Å². The predicted molar refractivity (Wildman–Crippen MR) is 58.6 cm³/mol. The largest absolute Gasteiger partial charge is 0.319 e. The molecule has 0 aliphatic heterocycles. The van der Waals surface area contributed by atoms with Gasteiger partial charge in [0.25, 0.3) is 0 Å². The van der Waals surface area contributed by atoms with Gasteiger partial charge < -0.3 is 5.32 Å². The SMILES string of the molecule is CNCCc1csc2c1CCCC2. The predicted octanol–water partition coefficient (Wildman–Crippen LogP) is 2.39. The maximum atomic E-state index is 3.22. The lowest BCUT2D eigenvalue weighted by molar-refractivity contribution is 0.686. The first-order valence-electron chi connectivity index (χ1n) is 5.14. The van der Waals surface area contributed by atoms with Crippen molar-refractivity contribution in [2.45, 2.75) is 32.1 Å². The van der Waals surface area contributed by atoms with Crippen LogP contribution in [0.1, 0.15) is 28.8 Å². The molecule has 0 unspecified atom stereocenters.